The third-order valence-corrected chi connectivity index (χ3v) is 2.23. The van der Waals surface area contributed by atoms with Gasteiger partial charge < -0.3 is 9.88 Å². The van der Waals surface area contributed by atoms with Gasteiger partial charge in [-0.15, -0.1) is 0 Å². The van der Waals surface area contributed by atoms with Gasteiger partial charge in [-0.3, -0.25) is 9.78 Å². The first kappa shape index (κ1) is 10.4. The van der Waals surface area contributed by atoms with Crippen molar-refractivity contribution in [2.24, 2.45) is 7.05 Å². The lowest BCUT2D eigenvalue weighted by Gasteiger charge is -2.04. The number of rotatable bonds is 3. The summed E-state index contributed by atoms with van der Waals surface area (Å²) in [6.07, 6.45) is 6.56. The lowest BCUT2D eigenvalue weighted by molar-refractivity contribution is 0.0942. The van der Waals surface area contributed by atoms with E-state index in [9.17, 15) is 4.79 Å². The van der Waals surface area contributed by atoms with Crippen molar-refractivity contribution in [3.8, 4) is 0 Å². The summed E-state index contributed by atoms with van der Waals surface area (Å²) in [6, 6.07) is 3.75. The highest BCUT2D eigenvalue weighted by Crippen LogP contribution is 1.98. The summed E-state index contributed by atoms with van der Waals surface area (Å²) in [7, 11) is 1.78. The van der Waals surface area contributed by atoms with E-state index in [0.29, 0.717) is 12.2 Å². The molecular formula is C11H12N4O. The van der Waals surface area contributed by atoms with Gasteiger partial charge in [0.2, 0.25) is 0 Å². The monoisotopic (exact) mass is 216 g/mol. The van der Waals surface area contributed by atoms with Crippen LogP contribution in [0.15, 0.2) is 37.1 Å². The molecule has 0 saturated heterocycles. The minimum Gasteiger partial charge on any atom is -0.347 e. The molecular weight excluding hydrogens is 204 g/mol. The molecule has 82 valence electrons. The maximum Gasteiger partial charge on any atom is 0.269 e. The average molecular weight is 216 g/mol. The van der Waals surface area contributed by atoms with Gasteiger partial charge in [0.05, 0.1) is 12.5 Å². The summed E-state index contributed by atoms with van der Waals surface area (Å²) in [5, 5.41) is 2.80. The molecule has 0 aromatic carbocycles. The molecule has 0 fully saturated rings. The van der Waals surface area contributed by atoms with E-state index in [1.165, 1.54) is 0 Å². The van der Waals surface area contributed by atoms with Gasteiger partial charge in [0, 0.05) is 26.0 Å². The predicted octanol–water partition coefficient (Wildman–Crippen LogP) is 0.745. The Morgan fingerprint density at radius 1 is 1.44 bits per heavy atom. The molecule has 0 aliphatic rings. The lowest BCUT2D eigenvalue weighted by atomic mass is 10.3. The topological polar surface area (TPSA) is 59.8 Å². The van der Waals surface area contributed by atoms with Crippen LogP contribution in [0, 0.1) is 0 Å². The Labute approximate surface area is 93.2 Å². The molecule has 5 heteroatoms. The van der Waals surface area contributed by atoms with Crippen molar-refractivity contribution in [1.29, 1.82) is 0 Å². The standard InChI is InChI=1S/C11H12N4O/c1-15-8-13-7-10(15)11(16)14-6-9-3-2-4-12-5-9/h2-5,7-8H,6H2,1H3,(H,14,16). The van der Waals surface area contributed by atoms with Gasteiger partial charge in [-0.05, 0) is 11.6 Å². The van der Waals surface area contributed by atoms with Crippen LogP contribution < -0.4 is 5.32 Å². The quantitative estimate of drug-likeness (QED) is 0.823. The Kier molecular flexibility index (Phi) is 2.95. The van der Waals surface area contributed by atoms with Crippen molar-refractivity contribution < 1.29 is 4.79 Å². The number of pyridine rings is 1. The van der Waals surface area contributed by atoms with Crippen molar-refractivity contribution in [2.75, 3.05) is 0 Å². The number of carbonyl (C=O) groups is 1. The van der Waals surface area contributed by atoms with Gasteiger partial charge in [-0.1, -0.05) is 6.07 Å². The summed E-state index contributed by atoms with van der Waals surface area (Å²) >= 11 is 0. The van der Waals surface area contributed by atoms with Gasteiger partial charge in [-0.25, -0.2) is 4.98 Å². The zero-order valence-electron chi connectivity index (χ0n) is 8.92. The van der Waals surface area contributed by atoms with Gasteiger partial charge >= 0.3 is 0 Å². The lowest BCUT2D eigenvalue weighted by Crippen LogP contribution is -2.24. The molecule has 0 bridgehead atoms. The first-order valence-electron chi connectivity index (χ1n) is 4.91. The van der Waals surface area contributed by atoms with E-state index in [1.807, 2.05) is 12.1 Å². The number of nitrogens with zero attached hydrogens (tertiary/aromatic N) is 3. The SMILES string of the molecule is Cn1cncc1C(=O)NCc1cccnc1. The number of imidazole rings is 1. The van der Waals surface area contributed by atoms with Crippen LogP contribution in [-0.2, 0) is 13.6 Å². The van der Waals surface area contributed by atoms with Gasteiger partial charge in [-0.2, -0.15) is 0 Å². The first-order chi connectivity index (χ1) is 7.77. The molecule has 5 nitrogen and oxygen atoms in total. The van der Waals surface area contributed by atoms with Crippen LogP contribution >= 0.6 is 0 Å². The van der Waals surface area contributed by atoms with Crippen LogP contribution in [0.5, 0.6) is 0 Å². The molecule has 2 rings (SSSR count). The number of aromatic nitrogens is 3. The molecule has 2 aromatic rings. The summed E-state index contributed by atoms with van der Waals surface area (Å²) in [5.74, 6) is -0.135. The largest absolute Gasteiger partial charge is 0.347 e. The number of hydrogen-bond donors (Lipinski definition) is 1. The molecule has 0 atom stereocenters. The normalized spacial score (nSPS) is 10.1. The Bertz CT molecular complexity index is 478. The predicted molar refractivity (Wildman–Crippen MR) is 58.6 cm³/mol. The minimum absolute atomic E-state index is 0.135. The molecule has 0 unspecified atom stereocenters. The van der Waals surface area contributed by atoms with E-state index < -0.39 is 0 Å². The van der Waals surface area contributed by atoms with E-state index in [1.54, 1.807) is 36.5 Å². The molecule has 16 heavy (non-hydrogen) atoms. The van der Waals surface area contributed by atoms with Crippen LogP contribution in [0.4, 0.5) is 0 Å². The maximum atomic E-state index is 11.7. The molecule has 0 spiro atoms. The Balaban J connectivity index is 1.97. The van der Waals surface area contributed by atoms with Gasteiger partial charge in [0.25, 0.3) is 5.91 Å². The fourth-order valence-electron chi connectivity index (χ4n) is 1.35. The van der Waals surface area contributed by atoms with Crippen molar-refractivity contribution >= 4 is 5.91 Å². The van der Waals surface area contributed by atoms with Crippen molar-refractivity contribution in [3.63, 3.8) is 0 Å². The highest BCUT2D eigenvalue weighted by molar-refractivity contribution is 5.92. The molecule has 0 saturated carbocycles. The highest BCUT2D eigenvalue weighted by atomic mass is 16.1. The Morgan fingerprint density at radius 2 is 2.31 bits per heavy atom. The Morgan fingerprint density at radius 3 is 2.94 bits per heavy atom. The summed E-state index contributed by atoms with van der Waals surface area (Å²) < 4.78 is 1.68. The van der Waals surface area contributed by atoms with Crippen LogP contribution in [0.2, 0.25) is 0 Å². The molecule has 1 amide bonds. The average Bonchev–Trinajstić information content (AvgIpc) is 2.74. The number of hydrogen-bond acceptors (Lipinski definition) is 3. The van der Waals surface area contributed by atoms with E-state index in [4.69, 9.17) is 0 Å². The van der Waals surface area contributed by atoms with E-state index in [2.05, 4.69) is 15.3 Å². The zero-order chi connectivity index (χ0) is 11.4. The second kappa shape index (κ2) is 4.57. The second-order valence-electron chi connectivity index (χ2n) is 3.43. The van der Waals surface area contributed by atoms with Crippen LogP contribution in [0.3, 0.4) is 0 Å². The fraction of sp³-hybridized carbons (Fsp3) is 0.182. The zero-order valence-corrected chi connectivity index (χ0v) is 8.92. The number of amides is 1. The number of aryl methyl sites for hydroxylation is 1. The highest BCUT2D eigenvalue weighted by Gasteiger charge is 2.08. The number of nitrogens with one attached hydrogen (secondary N) is 1. The van der Waals surface area contributed by atoms with Crippen LogP contribution in [-0.4, -0.2) is 20.4 Å². The van der Waals surface area contributed by atoms with Crippen molar-refractivity contribution in [1.82, 2.24) is 19.9 Å². The maximum absolute atomic E-state index is 11.7. The smallest absolute Gasteiger partial charge is 0.269 e. The van der Waals surface area contributed by atoms with Gasteiger partial charge in [0.15, 0.2) is 0 Å². The van der Waals surface area contributed by atoms with E-state index >= 15 is 0 Å². The molecule has 0 aliphatic carbocycles. The summed E-state index contributed by atoms with van der Waals surface area (Å²) in [4.78, 5) is 19.6. The molecule has 0 radical (unpaired) electrons. The molecule has 2 aromatic heterocycles. The van der Waals surface area contributed by atoms with Crippen molar-refractivity contribution in [3.05, 3.63) is 48.3 Å². The summed E-state index contributed by atoms with van der Waals surface area (Å²) in [6.45, 7) is 0.470. The third-order valence-electron chi connectivity index (χ3n) is 2.23. The van der Waals surface area contributed by atoms with Crippen LogP contribution in [0.1, 0.15) is 16.1 Å². The minimum atomic E-state index is -0.135. The van der Waals surface area contributed by atoms with Gasteiger partial charge in [0.1, 0.15) is 5.69 Å². The number of carbonyl (C=O) groups excluding carboxylic acids is 1. The third kappa shape index (κ3) is 2.25. The molecule has 2 heterocycles. The van der Waals surface area contributed by atoms with E-state index in [-0.39, 0.29) is 5.91 Å². The van der Waals surface area contributed by atoms with Crippen LogP contribution in [0.25, 0.3) is 0 Å². The first-order valence-corrected chi connectivity index (χ1v) is 4.91. The second-order valence-corrected chi connectivity index (χ2v) is 3.43. The molecule has 0 aliphatic heterocycles. The van der Waals surface area contributed by atoms with E-state index in [0.717, 1.165) is 5.56 Å². The Hall–Kier alpha value is -2.17. The molecule has 1 N–H and O–H groups in total. The van der Waals surface area contributed by atoms with Crippen molar-refractivity contribution in [2.45, 2.75) is 6.54 Å². The summed E-state index contributed by atoms with van der Waals surface area (Å²) in [5.41, 5.74) is 1.52. The fourth-order valence-corrected chi connectivity index (χ4v) is 1.35.